The van der Waals surface area contributed by atoms with E-state index >= 15 is 0 Å². The van der Waals surface area contributed by atoms with Gasteiger partial charge in [0, 0.05) is 50.6 Å². The monoisotopic (exact) mass is 344 g/mol. The summed E-state index contributed by atoms with van der Waals surface area (Å²) in [4.78, 5) is 24.3. The largest absolute Gasteiger partial charge is 0.381 e. The first-order valence-electron chi connectivity index (χ1n) is 9.52. The highest BCUT2D eigenvalue weighted by molar-refractivity contribution is 5.96. The molecule has 1 aromatic rings. The van der Waals surface area contributed by atoms with Crippen molar-refractivity contribution in [3.8, 4) is 0 Å². The van der Waals surface area contributed by atoms with Crippen LogP contribution in [0, 0.1) is 17.8 Å². The number of anilines is 1. The number of fused-ring (bicyclic) bond motifs is 3. The van der Waals surface area contributed by atoms with E-state index in [1.807, 2.05) is 7.11 Å². The summed E-state index contributed by atoms with van der Waals surface area (Å²) in [6, 6.07) is 0. The van der Waals surface area contributed by atoms with Crippen LogP contribution in [-0.2, 0) is 17.6 Å². The standard InChI is InChI=1S/C19H28N4O2/c1-11(2)8-15-21-16-14(6-7-20-19(16)24)18(22-15)23-9-12-4-5-13(10-23)17(12)25-3/h11-13,17H,4-10H2,1-3H3,(H,20,24)/t12-,13+,17?. The van der Waals surface area contributed by atoms with Crippen LogP contribution in [0.15, 0.2) is 0 Å². The summed E-state index contributed by atoms with van der Waals surface area (Å²) in [7, 11) is 1.84. The molecule has 2 aliphatic heterocycles. The van der Waals surface area contributed by atoms with Crippen LogP contribution in [0.3, 0.4) is 0 Å². The summed E-state index contributed by atoms with van der Waals surface area (Å²) < 4.78 is 5.74. The number of aromatic nitrogens is 2. The van der Waals surface area contributed by atoms with E-state index in [2.05, 4.69) is 29.0 Å². The predicted octanol–water partition coefficient (Wildman–Crippen LogP) is 1.82. The smallest absolute Gasteiger partial charge is 0.270 e. The molecule has 25 heavy (non-hydrogen) atoms. The molecular formula is C19H28N4O2. The Labute approximate surface area is 149 Å². The molecule has 0 radical (unpaired) electrons. The molecule has 3 aliphatic rings. The van der Waals surface area contributed by atoms with Crippen molar-refractivity contribution in [2.75, 3.05) is 31.6 Å². The molecule has 6 nitrogen and oxygen atoms in total. The van der Waals surface area contributed by atoms with Gasteiger partial charge in [0.1, 0.15) is 17.3 Å². The molecule has 1 N–H and O–H groups in total. The number of hydrogen-bond donors (Lipinski definition) is 1. The number of amides is 1. The summed E-state index contributed by atoms with van der Waals surface area (Å²) in [5.41, 5.74) is 1.62. The van der Waals surface area contributed by atoms with Crippen LogP contribution in [0.5, 0.6) is 0 Å². The lowest BCUT2D eigenvalue weighted by Gasteiger charge is -2.39. The van der Waals surface area contributed by atoms with Crippen molar-refractivity contribution in [2.45, 2.75) is 45.6 Å². The van der Waals surface area contributed by atoms with E-state index in [1.165, 1.54) is 12.8 Å². The summed E-state index contributed by atoms with van der Waals surface area (Å²) >= 11 is 0. The first kappa shape index (κ1) is 16.8. The SMILES string of the molecule is COC1[C@@H]2CC[C@H]1CN(c1nc(CC(C)C)nc3c1CCNC3=O)C2. The van der Waals surface area contributed by atoms with E-state index in [-0.39, 0.29) is 5.91 Å². The Bertz CT molecular complexity index is 662. The summed E-state index contributed by atoms with van der Waals surface area (Å²) in [6.07, 6.45) is 4.46. The first-order valence-corrected chi connectivity index (χ1v) is 9.52. The topological polar surface area (TPSA) is 67.3 Å². The summed E-state index contributed by atoms with van der Waals surface area (Å²) in [5.74, 6) is 3.35. The van der Waals surface area contributed by atoms with Gasteiger partial charge >= 0.3 is 0 Å². The van der Waals surface area contributed by atoms with E-state index in [0.29, 0.717) is 36.1 Å². The zero-order valence-electron chi connectivity index (χ0n) is 15.4. The highest BCUT2D eigenvalue weighted by Crippen LogP contribution is 2.40. The number of methoxy groups -OCH3 is 1. The molecule has 3 atom stereocenters. The lowest BCUT2D eigenvalue weighted by molar-refractivity contribution is 0.0294. The summed E-state index contributed by atoms with van der Waals surface area (Å²) in [5, 5.41) is 2.93. The number of hydrogen-bond acceptors (Lipinski definition) is 5. The molecule has 2 fully saturated rings. The van der Waals surface area contributed by atoms with Gasteiger partial charge in [-0.05, 0) is 25.2 Å². The van der Waals surface area contributed by atoms with Crippen LogP contribution < -0.4 is 10.2 Å². The van der Waals surface area contributed by atoms with Crippen LogP contribution >= 0.6 is 0 Å². The minimum absolute atomic E-state index is 0.0512. The van der Waals surface area contributed by atoms with Gasteiger partial charge in [-0.1, -0.05) is 13.8 Å². The van der Waals surface area contributed by atoms with Crippen LogP contribution in [-0.4, -0.2) is 48.7 Å². The highest BCUT2D eigenvalue weighted by Gasteiger charge is 2.43. The van der Waals surface area contributed by atoms with E-state index < -0.39 is 0 Å². The Morgan fingerprint density at radius 3 is 2.60 bits per heavy atom. The maximum absolute atomic E-state index is 12.4. The van der Waals surface area contributed by atoms with Crippen molar-refractivity contribution in [1.82, 2.24) is 15.3 Å². The highest BCUT2D eigenvalue weighted by atomic mass is 16.5. The minimum Gasteiger partial charge on any atom is -0.381 e. The minimum atomic E-state index is -0.0512. The van der Waals surface area contributed by atoms with E-state index in [1.54, 1.807) is 0 Å². The number of carbonyl (C=O) groups is 1. The number of ether oxygens (including phenoxy) is 1. The Balaban J connectivity index is 1.71. The zero-order chi connectivity index (χ0) is 17.6. The van der Waals surface area contributed by atoms with Crippen LogP contribution in [0.1, 0.15) is 48.6 Å². The molecule has 1 saturated heterocycles. The second-order valence-electron chi connectivity index (χ2n) is 8.10. The van der Waals surface area contributed by atoms with Crippen LogP contribution in [0.25, 0.3) is 0 Å². The predicted molar refractivity (Wildman–Crippen MR) is 95.8 cm³/mol. The molecule has 136 valence electrons. The molecule has 2 bridgehead atoms. The molecule has 1 unspecified atom stereocenters. The van der Waals surface area contributed by atoms with Gasteiger partial charge in [0.05, 0.1) is 6.10 Å². The fraction of sp³-hybridized carbons (Fsp3) is 0.737. The van der Waals surface area contributed by atoms with E-state index in [9.17, 15) is 4.79 Å². The fourth-order valence-electron chi connectivity index (χ4n) is 4.77. The number of carbonyl (C=O) groups excluding carboxylic acids is 1. The Morgan fingerprint density at radius 2 is 1.96 bits per heavy atom. The van der Waals surface area contributed by atoms with Crippen molar-refractivity contribution in [1.29, 1.82) is 0 Å². The molecule has 1 aromatic heterocycles. The van der Waals surface area contributed by atoms with Gasteiger partial charge in [-0.15, -0.1) is 0 Å². The third-order valence-electron chi connectivity index (χ3n) is 5.82. The number of piperidine rings is 1. The molecule has 3 heterocycles. The van der Waals surface area contributed by atoms with Crippen molar-refractivity contribution < 1.29 is 9.53 Å². The van der Waals surface area contributed by atoms with Gasteiger partial charge in [-0.3, -0.25) is 4.79 Å². The second kappa shape index (κ2) is 6.56. The number of nitrogens with one attached hydrogen (secondary N) is 1. The van der Waals surface area contributed by atoms with Crippen molar-refractivity contribution in [2.24, 2.45) is 17.8 Å². The van der Waals surface area contributed by atoms with Gasteiger partial charge in [0.15, 0.2) is 0 Å². The molecule has 1 amide bonds. The molecule has 1 saturated carbocycles. The Kier molecular flexibility index (Phi) is 4.40. The maximum Gasteiger partial charge on any atom is 0.270 e. The average Bonchev–Trinajstić information content (AvgIpc) is 2.82. The van der Waals surface area contributed by atoms with E-state index in [0.717, 1.165) is 43.1 Å². The molecule has 4 rings (SSSR count). The van der Waals surface area contributed by atoms with Crippen LogP contribution in [0.2, 0.25) is 0 Å². The van der Waals surface area contributed by atoms with Gasteiger partial charge in [0.25, 0.3) is 5.91 Å². The lowest BCUT2D eigenvalue weighted by Crippen LogP contribution is -2.47. The normalized spacial score (nSPS) is 28.2. The lowest BCUT2D eigenvalue weighted by atomic mass is 9.94. The molecule has 0 spiro atoms. The number of rotatable bonds is 4. The van der Waals surface area contributed by atoms with Gasteiger partial charge in [0.2, 0.25) is 0 Å². The van der Waals surface area contributed by atoms with Crippen LogP contribution in [0.4, 0.5) is 5.82 Å². The van der Waals surface area contributed by atoms with Gasteiger partial charge < -0.3 is 15.0 Å². The van der Waals surface area contributed by atoms with Gasteiger partial charge in [-0.2, -0.15) is 0 Å². The third-order valence-corrected chi connectivity index (χ3v) is 5.82. The molecule has 6 heteroatoms. The van der Waals surface area contributed by atoms with Crippen molar-refractivity contribution in [3.63, 3.8) is 0 Å². The van der Waals surface area contributed by atoms with Gasteiger partial charge in [-0.25, -0.2) is 9.97 Å². The van der Waals surface area contributed by atoms with Crippen molar-refractivity contribution in [3.05, 3.63) is 17.1 Å². The summed E-state index contributed by atoms with van der Waals surface area (Å²) in [6.45, 7) is 6.94. The zero-order valence-corrected chi connectivity index (χ0v) is 15.4. The Hall–Kier alpha value is -1.69. The molecular weight excluding hydrogens is 316 g/mol. The average molecular weight is 344 g/mol. The molecule has 0 aromatic carbocycles. The molecule has 1 aliphatic carbocycles. The van der Waals surface area contributed by atoms with Crippen molar-refractivity contribution >= 4 is 11.7 Å². The second-order valence-corrected chi connectivity index (χ2v) is 8.10. The Morgan fingerprint density at radius 1 is 1.24 bits per heavy atom. The fourth-order valence-corrected chi connectivity index (χ4v) is 4.77. The number of nitrogens with zero attached hydrogens (tertiary/aromatic N) is 3. The van der Waals surface area contributed by atoms with E-state index in [4.69, 9.17) is 9.72 Å². The first-order chi connectivity index (χ1) is 12.1. The third kappa shape index (κ3) is 3.01. The maximum atomic E-state index is 12.4. The quantitative estimate of drug-likeness (QED) is 0.902.